The minimum Gasteiger partial charge on any atom is -0.451 e. The van der Waals surface area contributed by atoms with Crippen LogP contribution >= 0.6 is 0 Å². The lowest BCUT2D eigenvalue weighted by Crippen LogP contribution is -2.10. The Morgan fingerprint density at radius 3 is 0.959 bits per heavy atom. The van der Waals surface area contributed by atoms with Crippen molar-refractivity contribution in [3.05, 3.63) is 183 Å². The molecule has 0 saturated carbocycles. The zero-order valence-electron chi connectivity index (χ0n) is 35.5. The van der Waals surface area contributed by atoms with Gasteiger partial charge >= 0.3 is 0 Å². The van der Waals surface area contributed by atoms with Gasteiger partial charge in [-0.15, -0.1) is 12.8 Å². The van der Waals surface area contributed by atoms with Gasteiger partial charge in [-0.1, -0.05) is 30.0 Å². The highest BCUT2D eigenvalue weighted by Gasteiger charge is 2.38. The van der Waals surface area contributed by atoms with Crippen LogP contribution in [0.5, 0.6) is 46.0 Å². The summed E-state index contributed by atoms with van der Waals surface area (Å²) in [4.78, 5) is -0.953. The summed E-state index contributed by atoms with van der Waals surface area (Å²) >= 11 is 0. The molecule has 24 heteroatoms. The normalized spacial score (nSPS) is 11.4. The standard InChI is InChI=1S/C50H16F16O7S/c1-3-18-7-5-9-22(13-18)70-47-39(59)31(51)27(32(52)40(47)60)29-35(55)43(63)49(44(64)36(29)56)72-25-16-20-11-12-24(74(67,68)69)15-21(20)17-26(25)73-50-45(65)37(57)30(38(58)46(50)66)28-33(53)41(61)48(42(62)34(28)54)71-23-10-6-8-19(4-2)14-23/h1-2,5-17H,(H,67,68,69). The highest BCUT2D eigenvalue weighted by atomic mass is 32.2. The van der Waals surface area contributed by atoms with Gasteiger partial charge in [-0.25, -0.2) is 35.1 Å². The van der Waals surface area contributed by atoms with Crippen molar-refractivity contribution in [1.82, 2.24) is 0 Å². The molecule has 0 aliphatic rings. The van der Waals surface area contributed by atoms with Crippen LogP contribution in [0, 0.1) is 118 Å². The van der Waals surface area contributed by atoms with Crippen molar-refractivity contribution in [3.8, 4) is 92.9 Å². The molecule has 0 unspecified atom stereocenters. The maximum atomic E-state index is 15.9. The maximum Gasteiger partial charge on any atom is 0.294 e. The number of terminal acetylenes is 2. The predicted octanol–water partition coefficient (Wildman–Crippen LogP) is 14.8. The SMILES string of the molecule is C#Cc1cccc(Oc2c(F)c(F)c(-c3c(F)c(F)c(Oc4cc5ccc(S(=O)(=O)O)cc5cc4Oc4c(F)c(F)c(-c5c(F)c(F)c(Oc6cccc(C#C)c6)c(F)c5F)c(F)c4F)c(F)c3F)c(F)c2F)c1. The van der Waals surface area contributed by atoms with E-state index in [9.17, 15) is 13.0 Å². The lowest BCUT2D eigenvalue weighted by molar-refractivity contribution is 0.336. The summed E-state index contributed by atoms with van der Waals surface area (Å²) in [6, 6.07) is 11.7. The van der Waals surface area contributed by atoms with E-state index in [4.69, 9.17) is 31.8 Å². The predicted molar refractivity (Wildman–Crippen MR) is 226 cm³/mol. The van der Waals surface area contributed by atoms with Crippen molar-refractivity contribution in [3.63, 3.8) is 0 Å². The first-order valence-corrected chi connectivity index (χ1v) is 21.2. The second-order valence-corrected chi connectivity index (χ2v) is 16.3. The molecule has 0 spiro atoms. The molecular weight excluding hydrogens is 1050 g/mol. The molecule has 0 fully saturated rings. The van der Waals surface area contributed by atoms with Gasteiger partial charge in [0.15, 0.2) is 58.0 Å². The average molecular weight is 1060 g/mol. The molecule has 8 rings (SSSR count). The van der Waals surface area contributed by atoms with Gasteiger partial charge in [0.1, 0.15) is 11.5 Å². The molecule has 0 saturated heterocycles. The lowest BCUT2D eigenvalue weighted by Gasteiger charge is -2.19. The van der Waals surface area contributed by atoms with Gasteiger partial charge in [0, 0.05) is 11.1 Å². The second kappa shape index (κ2) is 19.3. The van der Waals surface area contributed by atoms with E-state index in [2.05, 4.69) is 11.8 Å². The fourth-order valence-electron chi connectivity index (χ4n) is 6.99. The number of hydrogen-bond acceptors (Lipinski definition) is 6. The van der Waals surface area contributed by atoms with Crippen LogP contribution in [0.2, 0.25) is 0 Å². The Balaban J connectivity index is 1.24. The molecule has 0 aromatic heterocycles. The van der Waals surface area contributed by atoms with Crippen molar-refractivity contribution < 1.29 is 102 Å². The Kier molecular flexibility index (Phi) is 13.4. The number of ether oxygens (including phenoxy) is 4. The summed E-state index contributed by atoms with van der Waals surface area (Å²) in [5.41, 5.74) is -9.65. The first-order chi connectivity index (χ1) is 34.9. The van der Waals surface area contributed by atoms with E-state index in [1.165, 1.54) is 24.3 Å². The highest BCUT2D eigenvalue weighted by molar-refractivity contribution is 7.85. The molecule has 74 heavy (non-hydrogen) atoms. The summed E-state index contributed by atoms with van der Waals surface area (Å²) in [5.74, 6) is -51.5. The van der Waals surface area contributed by atoms with Gasteiger partial charge in [-0.2, -0.15) is 43.5 Å². The van der Waals surface area contributed by atoms with Crippen LogP contribution in [0.15, 0.2) is 83.8 Å². The third-order valence-corrected chi connectivity index (χ3v) is 11.3. The Labute approximate surface area is 403 Å². The Hall–Kier alpha value is -8.87. The largest absolute Gasteiger partial charge is 0.451 e. The Morgan fingerprint density at radius 2 is 0.662 bits per heavy atom. The summed E-state index contributed by atoms with van der Waals surface area (Å²) in [5, 5.41) is -0.953. The van der Waals surface area contributed by atoms with Gasteiger partial charge in [0.25, 0.3) is 10.1 Å². The van der Waals surface area contributed by atoms with Gasteiger partial charge < -0.3 is 18.9 Å². The smallest absolute Gasteiger partial charge is 0.294 e. The first kappa shape index (κ1) is 51.5. The lowest BCUT2D eigenvalue weighted by atomic mass is 10.0. The summed E-state index contributed by atoms with van der Waals surface area (Å²) in [6.07, 6.45) is 10.5. The maximum absolute atomic E-state index is 15.9. The first-order valence-electron chi connectivity index (χ1n) is 19.7. The average Bonchev–Trinajstić information content (AvgIpc) is 3.38. The van der Waals surface area contributed by atoms with E-state index in [-0.39, 0.29) is 11.1 Å². The van der Waals surface area contributed by atoms with Crippen molar-refractivity contribution in [2.45, 2.75) is 4.90 Å². The van der Waals surface area contributed by atoms with E-state index in [0.717, 1.165) is 30.3 Å². The molecule has 376 valence electrons. The van der Waals surface area contributed by atoms with Crippen LogP contribution in [-0.2, 0) is 10.1 Å². The number of halogens is 16. The second-order valence-electron chi connectivity index (χ2n) is 14.9. The molecule has 0 bridgehead atoms. The molecule has 0 amide bonds. The molecule has 0 heterocycles. The molecule has 1 N–H and O–H groups in total. The van der Waals surface area contributed by atoms with Gasteiger partial charge in [-0.3, -0.25) is 4.55 Å². The number of fused-ring (bicyclic) bond motifs is 1. The van der Waals surface area contributed by atoms with Crippen molar-refractivity contribution in [2.24, 2.45) is 0 Å². The van der Waals surface area contributed by atoms with Crippen LogP contribution in [-0.4, -0.2) is 13.0 Å². The number of hydrogen-bond donors (Lipinski definition) is 1. The summed E-state index contributed by atoms with van der Waals surface area (Å²) in [6.45, 7) is 0. The minimum absolute atomic E-state index is 0.0306. The van der Waals surface area contributed by atoms with E-state index in [1.807, 2.05) is 0 Å². The van der Waals surface area contributed by atoms with E-state index < -0.39 is 187 Å². The Bertz CT molecular complexity index is 3830. The fraction of sp³-hybridized carbons (Fsp3) is 0. The number of rotatable bonds is 11. The van der Waals surface area contributed by atoms with E-state index >= 15 is 70.2 Å². The molecule has 0 atom stereocenters. The molecule has 7 nitrogen and oxygen atoms in total. The third kappa shape index (κ3) is 8.83. The molecule has 8 aromatic rings. The monoisotopic (exact) mass is 1060 g/mol. The van der Waals surface area contributed by atoms with Crippen LogP contribution in [0.4, 0.5) is 70.2 Å². The molecule has 0 radical (unpaired) electrons. The van der Waals surface area contributed by atoms with E-state index in [1.54, 1.807) is 0 Å². The molecular formula is C50H16F16O7S. The molecule has 0 aliphatic heterocycles. The molecule has 8 aromatic carbocycles. The zero-order valence-corrected chi connectivity index (χ0v) is 36.3. The van der Waals surface area contributed by atoms with Crippen LogP contribution in [0.1, 0.15) is 11.1 Å². The van der Waals surface area contributed by atoms with Crippen LogP contribution in [0.3, 0.4) is 0 Å². The summed E-state index contributed by atoms with van der Waals surface area (Å²) in [7, 11) is -5.11. The van der Waals surface area contributed by atoms with Gasteiger partial charge in [-0.05, 0) is 71.4 Å². The molecule has 0 aliphatic carbocycles. The summed E-state index contributed by atoms with van der Waals surface area (Å²) < 4.78 is 303. The van der Waals surface area contributed by atoms with Crippen LogP contribution < -0.4 is 18.9 Å². The van der Waals surface area contributed by atoms with Crippen molar-refractivity contribution >= 4 is 20.9 Å². The van der Waals surface area contributed by atoms with Crippen molar-refractivity contribution in [1.29, 1.82) is 0 Å². The number of benzene rings is 8. The van der Waals surface area contributed by atoms with Crippen LogP contribution in [0.25, 0.3) is 33.0 Å². The van der Waals surface area contributed by atoms with Gasteiger partial charge in [0.2, 0.25) is 69.5 Å². The van der Waals surface area contributed by atoms with Crippen molar-refractivity contribution in [2.75, 3.05) is 0 Å². The highest BCUT2D eigenvalue weighted by Crippen LogP contribution is 2.48. The minimum atomic E-state index is -5.11. The third-order valence-electron chi connectivity index (χ3n) is 10.4. The topological polar surface area (TPSA) is 91.3 Å². The van der Waals surface area contributed by atoms with E-state index in [0.29, 0.717) is 24.3 Å². The van der Waals surface area contributed by atoms with Gasteiger partial charge in [0.05, 0.1) is 27.1 Å². The quantitative estimate of drug-likeness (QED) is 0.0597. The Morgan fingerprint density at radius 1 is 0.365 bits per heavy atom. The zero-order chi connectivity index (χ0) is 54.0. The fourth-order valence-corrected chi connectivity index (χ4v) is 7.51.